The lowest BCUT2D eigenvalue weighted by atomic mass is 9.67. The van der Waals surface area contributed by atoms with Gasteiger partial charge in [-0.25, -0.2) is 0 Å². The molecular weight excluding hydrogens is 538 g/mol. The molecule has 7 aromatic rings. The molecule has 1 aromatic heterocycles. The van der Waals surface area contributed by atoms with Crippen molar-refractivity contribution in [1.29, 1.82) is 0 Å². The Kier molecular flexibility index (Phi) is 4.95. The van der Waals surface area contributed by atoms with Gasteiger partial charge in [0.1, 0.15) is 0 Å². The molecule has 8 rings (SSSR count). The van der Waals surface area contributed by atoms with Crippen molar-refractivity contribution in [2.45, 2.75) is 5.41 Å². The highest BCUT2D eigenvalue weighted by molar-refractivity contribution is 9.10. The molecule has 1 nitrogen and oxygen atoms in total. The predicted octanol–water partition coefficient (Wildman–Crippen LogP) is 9.91. The number of halogens is 1. The second-order valence-electron chi connectivity index (χ2n) is 10.3. The average Bonchev–Trinajstić information content (AvgIpc) is 3.47. The Morgan fingerprint density at radius 3 is 1.74 bits per heavy atom. The van der Waals surface area contributed by atoms with E-state index in [9.17, 15) is 0 Å². The molecule has 184 valence electrons. The third-order valence-electron chi connectivity index (χ3n) is 8.32. The lowest BCUT2D eigenvalue weighted by molar-refractivity contribution is 0.769. The van der Waals surface area contributed by atoms with Gasteiger partial charge >= 0.3 is 0 Å². The van der Waals surface area contributed by atoms with Crippen LogP contribution in [0, 0.1) is 0 Å². The van der Waals surface area contributed by atoms with Crippen LogP contribution in [0.1, 0.15) is 22.3 Å². The molecule has 0 unspecified atom stereocenters. The van der Waals surface area contributed by atoms with Crippen molar-refractivity contribution < 1.29 is 0 Å². The monoisotopic (exact) mass is 561 g/mol. The van der Waals surface area contributed by atoms with E-state index in [4.69, 9.17) is 0 Å². The van der Waals surface area contributed by atoms with Crippen LogP contribution in [0.5, 0.6) is 0 Å². The zero-order chi connectivity index (χ0) is 26.0. The fourth-order valence-electron chi connectivity index (χ4n) is 6.78. The van der Waals surface area contributed by atoms with E-state index >= 15 is 0 Å². The fourth-order valence-corrected chi connectivity index (χ4v) is 7.14. The maximum Gasteiger partial charge on any atom is 0.0713 e. The summed E-state index contributed by atoms with van der Waals surface area (Å²) in [6, 6.07) is 53.2. The molecule has 0 N–H and O–H groups in total. The van der Waals surface area contributed by atoms with E-state index in [0.717, 1.165) is 4.47 Å². The van der Waals surface area contributed by atoms with Crippen molar-refractivity contribution in [1.82, 2.24) is 4.57 Å². The minimum absolute atomic E-state index is 0.407. The van der Waals surface area contributed by atoms with E-state index < -0.39 is 5.41 Å². The molecule has 2 heteroatoms. The molecule has 0 atom stereocenters. The Morgan fingerprint density at radius 1 is 0.462 bits per heavy atom. The molecule has 1 aliphatic carbocycles. The van der Waals surface area contributed by atoms with Gasteiger partial charge in [0.2, 0.25) is 0 Å². The average molecular weight is 563 g/mol. The van der Waals surface area contributed by atoms with Crippen molar-refractivity contribution in [3.63, 3.8) is 0 Å². The van der Waals surface area contributed by atoms with Crippen LogP contribution in [0.4, 0.5) is 0 Å². The van der Waals surface area contributed by atoms with Crippen molar-refractivity contribution in [3.8, 4) is 16.8 Å². The van der Waals surface area contributed by atoms with Gasteiger partial charge in [0.15, 0.2) is 0 Å². The molecule has 0 aliphatic heterocycles. The first kappa shape index (κ1) is 22.6. The van der Waals surface area contributed by atoms with Gasteiger partial charge < -0.3 is 4.57 Å². The third-order valence-corrected chi connectivity index (χ3v) is 8.81. The minimum Gasteiger partial charge on any atom is -0.309 e. The van der Waals surface area contributed by atoms with Crippen LogP contribution < -0.4 is 0 Å². The van der Waals surface area contributed by atoms with E-state index in [0.29, 0.717) is 0 Å². The molecule has 1 heterocycles. The van der Waals surface area contributed by atoms with Crippen LogP contribution >= 0.6 is 15.9 Å². The number of rotatable bonds is 3. The smallest absolute Gasteiger partial charge is 0.0713 e. The first-order valence-electron chi connectivity index (χ1n) is 13.3. The molecule has 0 amide bonds. The topological polar surface area (TPSA) is 4.93 Å². The maximum atomic E-state index is 3.76. The summed E-state index contributed by atoms with van der Waals surface area (Å²) in [6.07, 6.45) is 0. The van der Waals surface area contributed by atoms with Gasteiger partial charge in [0.25, 0.3) is 0 Å². The molecular formula is C37H24BrN. The summed E-state index contributed by atoms with van der Waals surface area (Å²) in [5.41, 5.74) is 11.0. The number of fused-ring (bicyclic) bond motifs is 6. The molecule has 0 saturated heterocycles. The lowest BCUT2D eigenvalue weighted by Gasteiger charge is -2.33. The van der Waals surface area contributed by atoms with Gasteiger partial charge in [-0.1, -0.05) is 119 Å². The van der Waals surface area contributed by atoms with Gasteiger partial charge in [0.05, 0.1) is 16.4 Å². The number of para-hydroxylation sites is 1. The van der Waals surface area contributed by atoms with Gasteiger partial charge in [-0.2, -0.15) is 0 Å². The Labute approximate surface area is 236 Å². The highest BCUT2D eigenvalue weighted by Gasteiger charge is 2.46. The Bertz CT molecular complexity index is 1960. The van der Waals surface area contributed by atoms with Crippen molar-refractivity contribution >= 4 is 37.7 Å². The normalized spacial score (nSPS) is 13.5. The quantitative estimate of drug-likeness (QED) is 0.202. The number of hydrogen-bond acceptors (Lipinski definition) is 0. The zero-order valence-electron chi connectivity index (χ0n) is 21.2. The zero-order valence-corrected chi connectivity index (χ0v) is 22.8. The van der Waals surface area contributed by atoms with Crippen LogP contribution in [0.2, 0.25) is 0 Å². The molecule has 0 spiro atoms. The summed E-state index contributed by atoms with van der Waals surface area (Å²) in [6.45, 7) is 0. The predicted molar refractivity (Wildman–Crippen MR) is 166 cm³/mol. The van der Waals surface area contributed by atoms with Crippen LogP contribution in [0.25, 0.3) is 38.6 Å². The van der Waals surface area contributed by atoms with Crippen LogP contribution in [-0.4, -0.2) is 4.57 Å². The number of benzene rings is 6. The number of hydrogen-bond donors (Lipinski definition) is 0. The molecule has 1 aliphatic rings. The van der Waals surface area contributed by atoms with E-state index in [1.54, 1.807) is 0 Å². The number of nitrogens with zero attached hydrogens (tertiary/aromatic N) is 1. The summed E-state index contributed by atoms with van der Waals surface area (Å²) in [4.78, 5) is 0. The molecule has 0 saturated carbocycles. The van der Waals surface area contributed by atoms with Crippen molar-refractivity contribution in [2.75, 3.05) is 0 Å². The summed E-state index contributed by atoms with van der Waals surface area (Å²) >= 11 is 3.76. The van der Waals surface area contributed by atoms with Gasteiger partial charge in [-0.15, -0.1) is 0 Å². The standard InChI is InChI=1S/C37H24BrN/c38-27-20-21-35-31(22-27)32-23-34-30(24-36(32)39(35)28-16-8-3-9-17-28)29-18-10-11-19-33(29)37(34,25-12-4-1-5-13-25)26-14-6-2-7-15-26/h1-24H. The van der Waals surface area contributed by atoms with Crippen LogP contribution in [-0.2, 0) is 5.41 Å². The molecule has 6 aromatic carbocycles. The Morgan fingerprint density at radius 2 is 1.05 bits per heavy atom. The van der Waals surface area contributed by atoms with Gasteiger partial charge in [-0.05, 0) is 75.8 Å². The minimum atomic E-state index is -0.407. The summed E-state index contributed by atoms with van der Waals surface area (Å²) < 4.78 is 3.49. The van der Waals surface area contributed by atoms with Gasteiger partial charge in [0, 0.05) is 20.9 Å². The molecule has 0 radical (unpaired) electrons. The highest BCUT2D eigenvalue weighted by atomic mass is 79.9. The van der Waals surface area contributed by atoms with Crippen molar-refractivity contribution in [3.05, 3.63) is 172 Å². The second kappa shape index (κ2) is 8.56. The SMILES string of the molecule is Brc1ccc2c(c1)c1cc3c(cc1n2-c1ccccc1)-c1ccccc1C3(c1ccccc1)c1ccccc1. The van der Waals surface area contributed by atoms with E-state index in [1.165, 1.54) is 60.9 Å². The fraction of sp³-hybridized carbons (Fsp3) is 0.0270. The summed E-state index contributed by atoms with van der Waals surface area (Å²) in [7, 11) is 0. The van der Waals surface area contributed by atoms with Crippen molar-refractivity contribution in [2.24, 2.45) is 0 Å². The molecule has 0 bridgehead atoms. The van der Waals surface area contributed by atoms with Crippen LogP contribution in [0.15, 0.2) is 150 Å². The first-order valence-corrected chi connectivity index (χ1v) is 14.1. The van der Waals surface area contributed by atoms with E-state index in [1.807, 2.05) is 0 Å². The Hall–Kier alpha value is -4.40. The first-order chi connectivity index (χ1) is 19.3. The summed E-state index contributed by atoms with van der Waals surface area (Å²) in [5.74, 6) is 0. The third kappa shape index (κ3) is 3.13. The van der Waals surface area contributed by atoms with Crippen LogP contribution in [0.3, 0.4) is 0 Å². The maximum absolute atomic E-state index is 3.76. The number of aromatic nitrogens is 1. The molecule has 0 fully saturated rings. The van der Waals surface area contributed by atoms with E-state index in [2.05, 4.69) is 166 Å². The highest BCUT2D eigenvalue weighted by Crippen LogP contribution is 2.57. The second-order valence-corrected chi connectivity index (χ2v) is 11.2. The lowest BCUT2D eigenvalue weighted by Crippen LogP contribution is -2.28. The van der Waals surface area contributed by atoms with E-state index in [-0.39, 0.29) is 0 Å². The summed E-state index contributed by atoms with van der Waals surface area (Å²) in [5, 5.41) is 2.51. The molecule has 39 heavy (non-hydrogen) atoms. The van der Waals surface area contributed by atoms with Gasteiger partial charge in [-0.3, -0.25) is 0 Å². The Balaban J connectivity index is 1.58. The largest absolute Gasteiger partial charge is 0.309 e.